The summed E-state index contributed by atoms with van der Waals surface area (Å²) in [7, 11) is 0. The van der Waals surface area contributed by atoms with E-state index in [-0.39, 0.29) is 18.2 Å². The molecule has 2 aromatic carbocycles. The van der Waals surface area contributed by atoms with Crippen molar-refractivity contribution in [1.82, 2.24) is 4.90 Å². The zero-order valence-electron chi connectivity index (χ0n) is 14.9. The van der Waals surface area contributed by atoms with Crippen LogP contribution in [0.15, 0.2) is 42.5 Å². The lowest BCUT2D eigenvalue weighted by atomic mass is 10.1. The number of hydrogen-bond donors (Lipinski definition) is 1. The number of benzene rings is 2. The molecule has 0 aliphatic rings. The third kappa shape index (κ3) is 6.04. The van der Waals surface area contributed by atoms with E-state index in [0.717, 1.165) is 11.1 Å². The Labute approximate surface area is 164 Å². The highest BCUT2D eigenvalue weighted by Gasteiger charge is 2.12. The lowest BCUT2D eigenvalue weighted by molar-refractivity contribution is -0.129. The molecule has 2 rings (SSSR count). The summed E-state index contributed by atoms with van der Waals surface area (Å²) in [5.74, 6) is -0.196. The van der Waals surface area contributed by atoms with E-state index in [0.29, 0.717) is 35.2 Å². The van der Waals surface area contributed by atoms with Gasteiger partial charge in [0.05, 0.1) is 0 Å². The van der Waals surface area contributed by atoms with Crippen LogP contribution in [0.5, 0.6) is 0 Å². The Balaban J connectivity index is 1.87. The van der Waals surface area contributed by atoms with Crippen molar-refractivity contribution in [1.29, 1.82) is 0 Å². The largest absolute Gasteiger partial charge is 0.342 e. The van der Waals surface area contributed by atoms with Gasteiger partial charge in [0.1, 0.15) is 0 Å². The van der Waals surface area contributed by atoms with Crippen LogP contribution in [0, 0.1) is 6.92 Å². The lowest BCUT2D eigenvalue weighted by Crippen LogP contribution is -2.33. The summed E-state index contributed by atoms with van der Waals surface area (Å²) in [6, 6.07) is 12.9. The van der Waals surface area contributed by atoms with Crippen LogP contribution in [-0.4, -0.2) is 29.8 Å². The first-order chi connectivity index (χ1) is 12.4. The molecule has 0 spiro atoms. The molecule has 0 bridgehead atoms. The molecule has 0 aliphatic heterocycles. The maximum atomic E-state index is 12.2. The monoisotopic (exact) mass is 392 g/mol. The van der Waals surface area contributed by atoms with Crippen molar-refractivity contribution in [2.45, 2.75) is 26.7 Å². The molecule has 0 radical (unpaired) electrons. The highest BCUT2D eigenvalue weighted by Crippen LogP contribution is 2.23. The minimum Gasteiger partial charge on any atom is -0.342 e. The van der Waals surface area contributed by atoms with Gasteiger partial charge >= 0.3 is 0 Å². The molecule has 6 heteroatoms. The van der Waals surface area contributed by atoms with Crippen LogP contribution in [0.25, 0.3) is 0 Å². The van der Waals surface area contributed by atoms with E-state index >= 15 is 0 Å². The van der Waals surface area contributed by atoms with Crippen LogP contribution in [0.1, 0.15) is 24.5 Å². The summed E-state index contributed by atoms with van der Waals surface area (Å²) in [6.07, 6.45) is 0.942. The highest BCUT2D eigenvalue weighted by molar-refractivity contribution is 6.31. The molecule has 138 valence electrons. The van der Waals surface area contributed by atoms with Crippen LogP contribution in [0.2, 0.25) is 10.0 Å². The van der Waals surface area contributed by atoms with E-state index in [2.05, 4.69) is 5.32 Å². The third-order valence-electron chi connectivity index (χ3n) is 4.18. The Hall–Kier alpha value is -2.04. The molecule has 2 amide bonds. The summed E-state index contributed by atoms with van der Waals surface area (Å²) in [5, 5.41) is 4.14. The van der Waals surface area contributed by atoms with Crippen LogP contribution in [0.3, 0.4) is 0 Å². The zero-order chi connectivity index (χ0) is 19.1. The van der Waals surface area contributed by atoms with Gasteiger partial charge in [-0.3, -0.25) is 9.59 Å². The maximum absolute atomic E-state index is 12.2. The number of hydrogen-bond acceptors (Lipinski definition) is 2. The average molecular weight is 393 g/mol. The Kier molecular flexibility index (Phi) is 7.49. The molecule has 0 saturated carbocycles. The van der Waals surface area contributed by atoms with Crippen molar-refractivity contribution >= 4 is 40.7 Å². The second-order valence-electron chi connectivity index (χ2n) is 6.09. The molecule has 1 N–H and O–H groups in total. The lowest BCUT2D eigenvalue weighted by Gasteiger charge is -2.21. The van der Waals surface area contributed by atoms with Crippen molar-refractivity contribution in [2.24, 2.45) is 0 Å². The van der Waals surface area contributed by atoms with E-state index in [4.69, 9.17) is 23.2 Å². The fourth-order valence-corrected chi connectivity index (χ4v) is 2.83. The van der Waals surface area contributed by atoms with Gasteiger partial charge < -0.3 is 10.2 Å². The van der Waals surface area contributed by atoms with Gasteiger partial charge in [0.25, 0.3) is 0 Å². The van der Waals surface area contributed by atoms with Crippen molar-refractivity contribution < 1.29 is 9.59 Å². The van der Waals surface area contributed by atoms with Crippen molar-refractivity contribution in [3.8, 4) is 0 Å². The standard InChI is InChI=1S/C20H22Cl2N2O2/c1-14-18(22)4-3-5-19(14)23-20(26)11-13-24(15(2)25)12-10-16-6-8-17(21)9-7-16/h3-9H,10-13H2,1-2H3,(H,23,26). The maximum Gasteiger partial charge on any atom is 0.226 e. The number of nitrogens with one attached hydrogen (secondary N) is 1. The molecule has 0 aliphatic carbocycles. The van der Waals surface area contributed by atoms with E-state index < -0.39 is 0 Å². The molecule has 26 heavy (non-hydrogen) atoms. The fourth-order valence-electron chi connectivity index (χ4n) is 2.53. The minimum atomic E-state index is -0.145. The Morgan fingerprint density at radius 2 is 1.73 bits per heavy atom. The number of amides is 2. The third-order valence-corrected chi connectivity index (χ3v) is 4.84. The molecule has 0 fully saturated rings. The predicted molar refractivity (Wildman–Crippen MR) is 107 cm³/mol. The van der Waals surface area contributed by atoms with Crippen molar-refractivity contribution in [3.05, 3.63) is 63.6 Å². The second kappa shape index (κ2) is 9.60. The summed E-state index contributed by atoms with van der Waals surface area (Å²) < 4.78 is 0. The fraction of sp³-hybridized carbons (Fsp3) is 0.300. The smallest absolute Gasteiger partial charge is 0.226 e. The summed E-state index contributed by atoms with van der Waals surface area (Å²) in [5.41, 5.74) is 2.62. The van der Waals surface area contributed by atoms with Crippen LogP contribution in [0.4, 0.5) is 5.69 Å². The number of carbonyl (C=O) groups excluding carboxylic acids is 2. The first kappa shape index (κ1) is 20.3. The van der Waals surface area contributed by atoms with Gasteiger partial charge in [-0.15, -0.1) is 0 Å². The number of halogens is 2. The van der Waals surface area contributed by atoms with Crippen LogP contribution >= 0.6 is 23.2 Å². The Morgan fingerprint density at radius 1 is 1.04 bits per heavy atom. The average Bonchev–Trinajstić information content (AvgIpc) is 2.60. The number of nitrogens with zero attached hydrogens (tertiary/aromatic N) is 1. The van der Waals surface area contributed by atoms with Gasteiger partial charge in [-0.2, -0.15) is 0 Å². The Bertz CT molecular complexity index is 776. The molecule has 2 aromatic rings. The summed E-state index contributed by atoms with van der Waals surface area (Å²) in [6.45, 7) is 4.29. The molecule has 4 nitrogen and oxygen atoms in total. The second-order valence-corrected chi connectivity index (χ2v) is 6.94. The number of anilines is 1. The van der Waals surface area contributed by atoms with Crippen molar-refractivity contribution in [2.75, 3.05) is 18.4 Å². The number of rotatable bonds is 7. The van der Waals surface area contributed by atoms with E-state index in [9.17, 15) is 9.59 Å². The Morgan fingerprint density at radius 3 is 2.38 bits per heavy atom. The van der Waals surface area contributed by atoms with Crippen LogP contribution < -0.4 is 5.32 Å². The SMILES string of the molecule is CC(=O)N(CCC(=O)Nc1cccc(Cl)c1C)CCc1ccc(Cl)cc1. The molecular formula is C20H22Cl2N2O2. The van der Waals surface area contributed by atoms with E-state index in [1.54, 1.807) is 17.0 Å². The zero-order valence-corrected chi connectivity index (χ0v) is 16.4. The van der Waals surface area contributed by atoms with Gasteiger partial charge in [0.15, 0.2) is 0 Å². The quantitative estimate of drug-likeness (QED) is 0.740. The summed E-state index contributed by atoms with van der Waals surface area (Å²) in [4.78, 5) is 25.7. The first-order valence-electron chi connectivity index (χ1n) is 8.41. The molecule has 0 saturated heterocycles. The predicted octanol–water partition coefficient (Wildman–Crippen LogP) is 4.72. The highest BCUT2D eigenvalue weighted by atomic mass is 35.5. The minimum absolute atomic E-state index is 0.0503. The van der Waals surface area contributed by atoms with Gasteiger partial charge in [-0.25, -0.2) is 0 Å². The molecule has 0 aromatic heterocycles. The molecular weight excluding hydrogens is 371 g/mol. The van der Waals surface area contributed by atoms with Gasteiger partial charge in [0, 0.05) is 42.2 Å². The van der Waals surface area contributed by atoms with E-state index in [1.807, 2.05) is 37.3 Å². The summed E-state index contributed by atoms with van der Waals surface area (Å²) >= 11 is 11.9. The van der Waals surface area contributed by atoms with Crippen LogP contribution in [-0.2, 0) is 16.0 Å². The number of carbonyl (C=O) groups is 2. The molecule has 0 heterocycles. The molecule has 0 unspecified atom stereocenters. The molecule has 0 atom stereocenters. The van der Waals surface area contributed by atoms with Gasteiger partial charge in [-0.05, 0) is 48.7 Å². The van der Waals surface area contributed by atoms with Gasteiger partial charge in [0.2, 0.25) is 11.8 Å². The first-order valence-corrected chi connectivity index (χ1v) is 9.17. The normalized spacial score (nSPS) is 10.5. The van der Waals surface area contributed by atoms with Crippen molar-refractivity contribution in [3.63, 3.8) is 0 Å². The van der Waals surface area contributed by atoms with E-state index in [1.165, 1.54) is 6.92 Å². The van der Waals surface area contributed by atoms with Gasteiger partial charge in [-0.1, -0.05) is 41.4 Å². The topological polar surface area (TPSA) is 49.4 Å².